The molecule has 1 aliphatic heterocycles. The highest BCUT2D eigenvalue weighted by molar-refractivity contribution is 8.26. The standard InChI is InChI=1S/C19H15N3O3S3/c1-2-25-14-9-11(7-8-13(14)23)10-16-17(24)22(19(26)28-16)21-18-20-12-5-3-4-6-15(12)27-18/h3-10,23H,2H2,1H3,(H,20,21)/b16-10-. The highest BCUT2D eigenvalue weighted by Gasteiger charge is 2.33. The number of carbonyl (C=O) groups excluding carboxylic acids is 1. The Labute approximate surface area is 174 Å². The number of aromatic nitrogens is 1. The number of hydrogen-bond acceptors (Lipinski definition) is 8. The molecule has 0 atom stereocenters. The third-order valence-electron chi connectivity index (χ3n) is 3.88. The molecule has 2 aromatic carbocycles. The Hall–Kier alpha value is -2.62. The molecule has 0 spiro atoms. The highest BCUT2D eigenvalue weighted by atomic mass is 32.2. The lowest BCUT2D eigenvalue weighted by molar-refractivity contribution is -0.121. The second-order valence-electron chi connectivity index (χ2n) is 5.78. The van der Waals surface area contributed by atoms with Gasteiger partial charge in [0.15, 0.2) is 15.8 Å². The van der Waals surface area contributed by atoms with Gasteiger partial charge in [-0.1, -0.05) is 41.3 Å². The average Bonchev–Trinajstić information content (AvgIpc) is 3.20. The van der Waals surface area contributed by atoms with Crippen molar-refractivity contribution in [3.63, 3.8) is 0 Å². The summed E-state index contributed by atoms with van der Waals surface area (Å²) in [5.74, 6) is 0.184. The summed E-state index contributed by atoms with van der Waals surface area (Å²) in [6.45, 7) is 2.27. The fourth-order valence-corrected chi connectivity index (χ4v) is 4.66. The van der Waals surface area contributed by atoms with Gasteiger partial charge in [-0.05, 0) is 55.0 Å². The Morgan fingerprint density at radius 1 is 1.32 bits per heavy atom. The van der Waals surface area contributed by atoms with E-state index in [9.17, 15) is 9.90 Å². The van der Waals surface area contributed by atoms with Crippen molar-refractivity contribution >= 4 is 67.0 Å². The maximum absolute atomic E-state index is 12.8. The largest absolute Gasteiger partial charge is 0.504 e. The minimum atomic E-state index is -0.250. The van der Waals surface area contributed by atoms with Crippen LogP contribution in [0.3, 0.4) is 0 Å². The smallest absolute Gasteiger partial charge is 0.285 e. The van der Waals surface area contributed by atoms with Crippen LogP contribution >= 0.6 is 35.3 Å². The summed E-state index contributed by atoms with van der Waals surface area (Å²) in [6.07, 6.45) is 1.72. The number of nitrogens with one attached hydrogen (secondary N) is 1. The number of amides is 1. The molecule has 142 valence electrons. The molecule has 3 aromatic rings. The zero-order valence-corrected chi connectivity index (χ0v) is 17.2. The molecule has 1 aromatic heterocycles. The molecule has 28 heavy (non-hydrogen) atoms. The number of carbonyl (C=O) groups is 1. The summed E-state index contributed by atoms with van der Waals surface area (Å²) < 4.78 is 6.82. The second kappa shape index (κ2) is 7.78. The molecular formula is C19H15N3O3S3. The lowest BCUT2D eigenvalue weighted by Crippen LogP contribution is -2.33. The number of aromatic hydroxyl groups is 1. The molecule has 1 fully saturated rings. The van der Waals surface area contributed by atoms with Crippen LogP contribution in [0.25, 0.3) is 16.3 Å². The van der Waals surface area contributed by atoms with Gasteiger partial charge in [0.2, 0.25) is 5.13 Å². The van der Waals surface area contributed by atoms with Crippen LogP contribution in [0, 0.1) is 0 Å². The maximum atomic E-state index is 12.8. The number of para-hydroxylation sites is 1. The first-order chi connectivity index (χ1) is 13.5. The van der Waals surface area contributed by atoms with Gasteiger partial charge < -0.3 is 9.84 Å². The van der Waals surface area contributed by atoms with E-state index in [1.165, 1.54) is 34.2 Å². The topological polar surface area (TPSA) is 74.7 Å². The van der Waals surface area contributed by atoms with Crippen LogP contribution in [0.4, 0.5) is 5.13 Å². The van der Waals surface area contributed by atoms with E-state index in [0.29, 0.717) is 26.7 Å². The van der Waals surface area contributed by atoms with Gasteiger partial charge in [-0.2, -0.15) is 5.01 Å². The van der Waals surface area contributed by atoms with Gasteiger partial charge in [0, 0.05) is 0 Å². The van der Waals surface area contributed by atoms with Crippen molar-refractivity contribution in [2.75, 3.05) is 12.0 Å². The Morgan fingerprint density at radius 3 is 2.93 bits per heavy atom. The molecule has 2 N–H and O–H groups in total. The van der Waals surface area contributed by atoms with E-state index in [-0.39, 0.29) is 11.7 Å². The van der Waals surface area contributed by atoms with Gasteiger partial charge in [-0.25, -0.2) is 4.98 Å². The van der Waals surface area contributed by atoms with Gasteiger partial charge >= 0.3 is 0 Å². The van der Waals surface area contributed by atoms with E-state index in [1.807, 2.05) is 31.2 Å². The van der Waals surface area contributed by atoms with Crippen LogP contribution in [-0.2, 0) is 4.79 Å². The quantitative estimate of drug-likeness (QED) is 0.452. The predicted octanol–water partition coefficient (Wildman–Crippen LogP) is 4.63. The minimum absolute atomic E-state index is 0.0593. The Morgan fingerprint density at radius 2 is 2.14 bits per heavy atom. The van der Waals surface area contributed by atoms with Crippen LogP contribution in [0.1, 0.15) is 12.5 Å². The summed E-state index contributed by atoms with van der Waals surface area (Å²) in [5.41, 5.74) is 4.61. The third kappa shape index (κ3) is 3.68. The van der Waals surface area contributed by atoms with E-state index in [4.69, 9.17) is 17.0 Å². The summed E-state index contributed by atoms with van der Waals surface area (Å²) in [5, 5.41) is 11.8. The maximum Gasteiger partial charge on any atom is 0.285 e. The highest BCUT2D eigenvalue weighted by Crippen LogP contribution is 2.35. The molecule has 0 saturated carbocycles. The number of nitrogens with zero attached hydrogens (tertiary/aromatic N) is 2. The van der Waals surface area contributed by atoms with Gasteiger partial charge in [0.25, 0.3) is 5.91 Å². The zero-order chi connectivity index (χ0) is 19.7. The van der Waals surface area contributed by atoms with Crippen molar-refractivity contribution < 1.29 is 14.6 Å². The van der Waals surface area contributed by atoms with Crippen LogP contribution < -0.4 is 10.2 Å². The molecule has 6 nitrogen and oxygen atoms in total. The summed E-state index contributed by atoms with van der Waals surface area (Å²) in [6, 6.07) is 12.7. The number of thioether (sulfide) groups is 1. The average molecular weight is 430 g/mol. The Kier molecular flexibility index (Phi) is 5.21. The van der Waals surface area contributed by atoms with Crippen molar-refractivity contribution in [3.05, 3.63) is 52.9 Å². The van der Waals surface area contributed by atoms with Crippen molar-refractivity contribution in [3.8, 4) is 11.5 Å². The number of rotatable bonds is 5. The van der Waals surface area contributed by atoms with Crippen LogP contribution in [-0.4, -0.2) is 31.9 Å². The summed E-state index contributed by atoms with van der Waals surface area (Å²) in [7, 11) is 0. The lowest BCUT2D eigenvalue weighted by atomic mass is 10.2. The van der Waals surface area contributed by atoms with Crippen molar-refractivity contribution in [1.29, 1.82) is 0 Å². The molecule has 0 bridgehead atoms. The fraction of sp³-hybridized carbons (Fsp3) is 0.105. The molecular weight excluding hydrogens is 414 g/mol. The number of phenols is 1. The first kappa shape index (κ1) is 18.7. The van der Waals surface area contributed by atoms with E-state index >= 15 is 0 Å². The second-order valence-corrected chi connectivity index (χ2v) is 8.48. The molecule has 0 aliphatic carbocycles. The van der Waals surface area contributed by atoms with E-state index in [0.717, 1.165) is 15.8 Å². The van der Waals surface area contributed by atoms with Gasteiger partial charge in [0.1, 0.15) is 0 Å². The SMILES string of the molecule is CCOc1cc(/C=C2\SC(=S)N(Nc3nc4ccccc4s3)C2=O)ccc1O. The predicted molar refractivity (Wildman–Crippen MR) is 118 cm³/mol. The van der Waals surface area contributed by atoms with E-state index < -0.39 is 0 Å². The number of ether oxygens (including phenoxy) is 1. The number of anilines is 1. The number of thiazole rings is 1. The molecule has 9 heteroatoms. The normalized spacial score (nSPS) is 15.6. The van der Waals surface area contributed by atoms with E-state index in [1.54, 1.807) is 18.2 Å². The van der Waals surface area contributed by atoms with Gasteiger partial charge in [0.05, 0.1) is 21.7 Å². The van der Waals surface area contributed by atoms with Gasteiger partial charge in [-0.15, -0.1) is 0 Å². The Balaban J connectivity index is 1.56. The molecule has 0 unspecified atom stereocenters. The van der Waals surface area contributed by atoms with Crippen LogP contribution in [0.2, 0.25) is 0 Å². The van der Waals surface area contributed by atoms with E-state index in [2.05, 4.69) is 10.4 Å². The molecule has 1 amide bonds. The fourth-order valence-electron chi connectivity index (χ4n) is 2.62. The third-order valence-corrected chi connectivity index (χ3v) is 6.12. The zero-order valence-electron chi connectivity index (χ0n) is 14.7. The van der Waals surface area contributed by atoms with Crippen molar-refractivity contribution in [2.24, 2.45) is 0 Å². The van der Waals surface area contributed by atoms with Crippen LogP contribution in [0.15, 0.2) is 47.4 Å². The van der Waals surface area contributed by atoms with Crippen molar-refractivity contribution in [1.82, 2.24) is 9.99 Å². The number of fused-ring (bicyclic) bond motifs is 1. The summed E-state index contributed by atoms with van der Waals surface area (Å²) in [4.78, 5) is 17.8. The lowest BCUT2D eigenvalue weighted by Gasteiger charge is -2.14. The summed E-state index contributed by atoms with van der Waals surface area (Å²) >= 11 is 8.02. The molecule has 1 saturated heterocycles. The molecule has 1 aliphatic rings. The number of benzene rings is 2. The van der Waals surface area contributed by atoms with Crippen molar-refractivity contribution in [2.45, 2.75) is 6.92 Å². The molecule has 4 rings (SSSR count). The molecule has 2 heterocycles. The minimum Gasteiger partial charge on any atom is -0.504 e. The monoisotopic (exact) mass is 429 g/mol. The first-order valence-electron chi connectivity index (χ1n) is 8.41. The van der Waals surface area contributed by atoms with Crippen LogP contribution in [0.5, 0.6) is 11.5 Å². The molecule has 0 radical (unpaired) electrons. The Bertz CT molecular complexity index is 1080. The number of hydrogen-bond donors (Lipinski definition) is 2. The first-order valence-corrected chi connectivity index (χ1v) is 10.5. The van der Waals surface area contributed by atoms with Gasteiger partial charge in [-0.3, -0.25) is 10.2 Å². The number of thiocarbonyl (C=S) groups is 1. The number of hydrazine groups is 1. The number of phenolic OH excluding ortho intramolecular Hbond substituents is 1.